The molecule has 218 valence electrons. The normalized spacial score (nSPS) is 12.8. The van der Waals surface area contributed by atoms with Crippen molar-refractivity contribution in [1.82, 2.24) is 5.32 Å². The fourth-order valence-electron chi connectivity index (χ4n) is 4.19. The minimum atomic E-state index is -4.29. The van der Waals surface area contributed by atoms with Gasteiger partial charge in [0.15, 0.2) is 0 Å². The highest BCUT2D eigenvalue weighted by atomic mass is 32.2. The minimum absolute atomic E-state index is 0.0339. The number of hydrogen-bond donors (Lipinski definition) is 4. The van der Waals surface area contributed by atoms with Gasteiger partial charge < -0.3 is 25.4 Å². The van der Waals surface area contributed by atoms with Crippen LogP contribution >= 0.6 is 0 Å². The SMILES string of the molecule is CCCC(C)NC(=O)C(Cc1ccc(OC(C(=O)O)C(=O)O)cc1)N(c1ccc(O)cc1)S(=O)(=O)c1ccccc1. The standard InChI is InChI=1S/C29H32N2O9S/c1-3-7-19(2)30-27(33)25(18-20-10-16-23(17-11-20)40-26(28(34)35)29(36)37)31(21-12-14-22(32)15-13-21)41(38,39)24-8-5-4-6-9-24/h4-6,8-17,19,25-26,32H,3,7,18H2,1-2H3,(H,30,33)(H,34,35)(H,36,37). The molecule has 0 bridgehead atoms. The van der Waals surface area contributed by atoms with Crippen molar-refractivity contribution in [3.63, 3.8) is 0 Å². The third-order valence-electron chi connectivity index (χ3n) is 6.16. The van der Waals surface area contributed by atoms with E-state index in [2.05, 4.69) is 5.32 Å². The number of benzene rings is 3. The first kappa shape index (κ1) is 31.0. The van der Waals surface area contributed by atoms with Gasteiger partial charge in [-0.1, -0.05) is 43.7 Å². The fourth-order valence-corrected chi connectivity index (χ4v) is 5.82. The first-order valence-electron chi connectivity index (χ1n) is 12.8. The maximum Gasteiger partial charge on any atom is 0.356 e. The van der Waals surface area contributed by atoms with Gasteiger partial charge in [0.1, 0.15) is 17.5 Å². The zero-order valence-corrected chi connectivity index (χ0v) is 23.3. The lowest BCUT2D eigenvalue weighted by molar-refractivity contribution is -0.159. The van der Waals surface area contributed by atoms with Gasteiger partial charge in [-0.3, -0.25) is 9.10 Å². The van der Waals surface area contributed by atoms with Gasteiger partial charge in [-0.05, 0) is 67.4 Å². The molecule has 0 radical (unpaired) electrons. The molecular formula is C29H32N2O9S. The van der Waals surface area contributed by atoms with Crippen molar-refractivity contribution >= 4 is 33.6 Å². The lowest BCUT2D eigenvalue weighted by Crippen LogP contribution is -2.52. The van der Waals surface area contributed by atoms with E-state index in [9.17, 15) is 27.9 Å². The molecule has 1 amide bonds. The van der Waals surface area contributed by atoms with Crippen molar-refractivity contribution in [2.45, 2.75) is 56.2 Å². The van der Waals surface area contributed by atoms with Gasteiger partial charge in [0.2, 0.25) is 5.91 Å². The van der Waals surface area contributed by atoms with Gasteiger partial charge in [-0.25, -0.2) is 18.0 Å². The summed E-state index contributed by atoms with van der Waals surface area (Å²) in [5, 5.41) is 30.9. The molecule has 4 N–H and O–H groups in total. The van der Waals surface area contributed by atoms with E-state index in [0.29, 0.717) is 12.0 Å². The second-order valence-electron chi connectivity index (χ2n) is 9.37. The highest BCUT2D eigenvalue weighted by Crippen LogP contribution is 2.30. The number of aliphatic carboxylic acids is 2. The monoisotopic (exact) mass is 584 g/mol. The van der Waals surface area contributed by atoms with Crippen LogP contribution in [0.5, 0.6) is 11.5 Å². The predicted molar refractivity (Wildman–Crippen MR) is 150 cm³/mol. The van der Waals surface area contributed by atoms with E-state index in [-0.39, 0.29) is 34.5 Å². The molecule has 2 unspecified atom stereocenters. The number of carboxylic acid groups (broad SMARTS) is 2. The molecule has 0 aliphatic heterocycles. The molecule has 12 heteroatoms. The number of phenolic OH excluding ortho intramolecular Hbond substituents is 1. The van der Waals surface area contributed by atoms with Crippen LogP contribution in [0, 0.1) is 0 Å². The lowest BCUT2D eigenvalue weighted by atomic mass is 10.0. The molecule has 0 heterocycles. The maximum absolute atomic E-state index is 14.0. The van der Waals surface area contributed by atoms with E-state index >= 15 is 0 Å². The Hall–Kier alpha value is -4.58. The fraction of sp³-hybridized carbons (Fsp3) is 0.276. The van der Waals surface area contributed by atoms with E-state index in [4.69, 9.17) is 14.9 Å². The van der Waals surface area contributed by atoms with E-state index in [1.807, 2.05) is 13.8 Å². The maximum atomic E-state index is 14.0. The van der Waals surface area contributed by atoms with Gasteiger partial charge >= 0.3 is 11.9 Å². The number of amides is 1. The van der Waals surface area contributed by atoms with Crippen molar-refractivity contribution in [3.05, 3.63) is 84.4 Å². The summed E-state index contributed by atoms with van der Waals surface area (Å²) >= 11 is 0. The summed E-state index contributed by atoms with van der Waals surface area (Å²) in [6.07, 6.45) is -0.742. The number of ether oxygens (including phenoxy) is 1. The second kappa shape index (κ2) is 13.7. The molecular weight excluding hydrogens is 552 g/mol. The molecule has 11 nitrogen and oxygen atoms in total. The third kappa shape index (κ3) is 7.98. The van der Waals surface area contributed by atoms with Gasteiger partial charge in [-0.15, -0.1) is 0 Å². The minimum Gasteiger partial charge on any atom is -0.508 e. The van der Waals surface area contributed by atoms with Crippen LogP contribution in [-0.2, 0) is 30.8 Å². The summed E-state index contributed by atoms with van der Waals surface area (Å²) in [7, 11) is -4.29. The van der Waals surface area contributed by atoms with Crippen molar-refractivity contribution in [3.8, 4) is 11.5 Å². The van der Waals surface area contributed by atoms with Gasteiger partial charge in [0.05, 0.1) is 10.6 Å². The van der Waals surface area contributed by atoms with Crippen LogP contribution in [0.2, 0.25) is 0 Å². The molecule has 0 aromatic heterocycles. The third-order valence-corrected chi connectivity index (χ3v) is 8.01. The number of carbonyl (C=O) groups is 3. The Bertz CT molecular complexity index is 1430. The van der Waals surface area contributed by atoms with Crippen LogP contribution in [0.1, 0.15) is 32.3 Å². The number of carbonyl (C=O) groups excluding carboxylic acids is 1. The number of rotatable bonds is 14. The smallest absolute Gasteiger partial charge is 0.356 e. The zero-order chi connectivity index (χ0) is 30.2. The van der Waals surface area contributed by atoms with Crippen molar-refractivity contribution < 1.29 is 42.9 Å². The summed E-state index contributed by atoms with van der Waals surface area (Å²) in [6.45, 7) is 3.79. The van der Waals surface area contributed by atoms with Crippen molar-refractivity contribution in [2.75, 3.05) is 4.31 Å². The molecule has 2 atom stereocenters. The Kier molecular flexibility index (Phi) is 10.3. The highest BCUT2D eigenvalue weighted by Gasteiger charge is 2.37. The molecule has 0 saturated carbocycles. The topological polar surface area (TPSA) is 171 Å². The molecule has 0 aliphatic rings. The molecule has 0 aliphatic carbocycles. The number of nitrogens with zero attached hydrogens (tertiary/aromatic N) is 1. The van der Waals surface area contributed by atoms with E-state index in [1.165, 1.54) is 60.7 Å². The van der Waals surface area contributed by atoms with Crippen molar-refractivity contribution in [2.24, 2.45) is 0 Å². The van der Waals surface area contributed by atoms with Gasteiger partial charge in [0, 0.05) is 12.5 Å². The van der Waals surface area contributed by atoms with Crippen LogP contribution in [0.4, 0.5) is 5.69 Å². The Morgan fingerprint density at radius 2 is 1.49 bits per heavy atom. The zero-order valence-electron chi connectivity index (χ0n) is 22.5. The molecule has 0 saturated heterocycles. The summed E-state index contributed by atoms with van der Waals surface area (Å²) in [6, 6.07) is 17.3. The summed E-state index contributed by atoms with van der Waals surface area (Å²) in [5.41, 5.74) is 0.649. The largest absolute Gasteiger partial charge is 0.508 e. The van der Waals surface area contributed by atoms with Crippen LogP contribution in [-0.4, -0.2) is 59.8 Å². The molecule has 3 aromatic rings. The Labute approximate surface area is 238 Å². The first-order valence-corrected chi connectivity index (χ1v) is 14.3. The number of anilines is 1. The number of carboxylic acids is 2. The molecule has 3 rings (SSSR count). The highest BCUT2D eigenvalue weighted by molar-refractivity contribution is 7.93. The number of phenols is 1. The number of nitrogens with one attached hydrogen (secondary N) is 1. The lowest BCUT2D eigenvalue weighted by Gasteiger charge is -2.33. The number of hydrogen-bond acceptors (Lipinski definition) is 7. The average Bonchev–Trinajstić information content (AvgIpc) is 2.93. The van der Waals surface area contributed by atoms with Crippen LogP contribution < -0.4 is 14.4 Å². The van der Waals surface area contributed by atoms with Crippen LogP contribution in [0.25, 0.3) is 0 Å². The Morgan fingerprint density at radius 3 is 2.02 bits per heavy atom. The van der Waals surface area contributed by atoms with E-state index in [0.717, 1.165) is 10.7 Å². The van der Waals surface area contributed by atoms with Crippen molar-refractivity contribution in [1.29, 1.82) is 0 Å². The molecule has 41 heavy (non-hydrogen) atoms. The summed E-state index contributed by atoms with van der Waals surface area (Å²) in [5.74, 6) is -4.01. The number of sulfonamides is 1. The average molecular weight is 585 g/mol. The van der Waals surface area contributed by atoms with Crippen LogP contribution in [0.15, 0.2) is 83.8 Å². The molecule has 0 spiro atoms. The van der Waals surface area contributed by atoms with Gasteiger partial charge in [0.25, 0.3) is 16.1 Å². The molecule has 0 fully saturated rings. The summed E-state index contributed by atoms with van der Waals surface area (Å²) < 4.78 is 34.1. The van der Waals surface area contributed by atoms with Crippen LogP contribution in [0.3, 0.4) is 0 Å². The number of aromatic hydroxyl groups is 1. The van der Waals surface area contributed by atoms with E-state index in [1.54, 1.807) is 18.2 Å². The predicted octanol–water partition coefficient (Wildman–Crippen LogP) is 3.42. The summed E-state index contributed by atoms with van der Waals surface area (Å²) in [4.78, 5) is 36.1. The molecule has 3 aromatic carbocycles. The quantitative estimate of drug-likeness (QED) is 0.207. The first-order chi connectivity index (χ1) is 19.4. The second-order valence-corrected chi connectivity index (χ2v) is 11.2. The Morgan fingerprint density at radius 1 is 0.902 bits per heavy atom. The van der Waals surface area contributed by atoms with E-state index < -0.39 is 40.0 Å². The van der Waals surface area contributed by atoms with Gasteiger partial charge in [-0.2, -0.15) is 0 Å². The Balaban J connectivity index is 2.07.